The molecule has 58 heavy (non-hydrogen) atoms. The van der Waals surface area contributed by atoms with Crippen molar-refractivity contribution < 1.29 is 29.6 Å². The highest BCUT2D eigenvalue weighted by atomic mass is 35.5. The van der Waals surface area contributed by atoms with Gasteiger partial charge in [0.25, 0.3) is 0 Å². The van der Waals surface area contributed by atoms with E-state index in [0.717, 1.165) is 118 Å². The van der Waals surface area contributed by atoms with Gasteiger partial charge in [-0.3, -0.25) is 4.79 Å². The fourth-order valence-electron chi connectivity index (χ4n) is 10.8. The third kappa shape index (κ3) is 7.86. The molecule has 3 aromatic heterocycles. The smallest absolute Gasteiger partial charge is 0.349 e. The molecule has 312 valence electrons. The summed E-state index contributed by atoms with van der Waals surface area (Å²) in [6.45, 7) is 4.91. The fourth-order valence-corrected chi connectivity index (χ4v) is 13.1. The summed E-state index contributed by atoms with van der Waals surface area (Å²) in [5, 5.41) is 49.2. The average molecular weight is 872 g/mol. The Hall–Kier alpha value is -2.66. The number of benzene rings is 1. The number of aliphatic hydroxyl groups is 3. The number of carbonyl (C=O) groups excluding carboxylic acids is 2. The summed E-state index contributed by atoms with van der Waals surface area (Å²) in [5.41, 5.74) is 4.29. The Kier molecular flexibility index (Phi) is 11.7. The zero-order valence-electron chi connectivity index (χ0n) is 32.5. The summed E-state index contributed by atoms with van der Waals surface area (Å²) < 4.78 is 9.04. The highest BCUT2D eigenvalue weighted by Crippen LogP contribution is 2.51. The van der Waals surface area contributed by atoms with Gasteiger partial charge < -0.3 is 35.6 Å². The van der Waals surface area contributed by atoms with Crippen molar-refractivity contribution in [2.24, 2.45) is 17.3 Å². The maximum absolute atomic E-state index is 13.6. The molecule has 2 aliphatic heterocycles. The number of thiophene rings is 2. The molecule has 4 fully saturated rings. The second-order valence-corrected chi connectivity index (χ2v) is 20.8. The molecule has 3 aliphatic carbocycles. The molecule has 5 aliphatic rings. The fraction of sp³-hybridized carbons (Fsp3) is 0.619. The maximum atomic E-state index is 13.6. The van der Waals surface area contributed by atoms with Crippen LogP contribution in [-0.2, 0) is 45.9 Å². The molecule has 0 bridgehead atoms. The van der Waals surface area contributed by atoms with Crippen molar-refractivity contribution in [1.82, 2.24) is 30.5 Å². The molecule has 2 saturated carbocycles. The van der Waals surface area contributed by atoms with Gasteiger partial charge in [0.2, 0.25) is 11.5 Å². The Bertz CT molecular complexity index is 2100. The number of nitrogens with zero attached hydrogens (tertiary/aromatic N) is 4. The highest BCUT2D eigenvalue weighted by Gasteiger charge is 2.51. The molecule has 1 spiro atoms. The van der Waals surface area contributed by atoms with Crippen molar-refractivity contribution in [2.45, 2.75) is 120 Å². The first kappa shape index (κ1) is 40.7. The van der Waals surface area contributed by atoms with Gasteiger partial charge >= 0.3 is 5.97 Å². The van der Waals surface area contributed by atoms with Gasteiger partial charge in [0.1, 0.15) is 11.6 Å². The minimum absolute atomic E-state index is 0.00651. The van der Waals surface area contributed by atoms with E-state index in [1.54, 1.807) is 24.3 Å². The minimum atomic E-state index is -1.94. The van der Waals surface area contributed by atoms with Crippen molar-refractivity contribution in [3.63, 3.8) is 0 Å². The van der Waals surface area contributed by atoms with Crippen LogP contribution < -0.4 is 10.6 Å². The van der Waals surface area contributed by atoms with E-state index in [0.29, 0.717) is 50.8 Å². The third-order valence-corrected chi connectivity index (χ3v) is 16.6. The number of aliphatic hydroxyl groups excluding tert-OH is 2. The molecule has 5 atom stereocenters. The number of aromatic nitrogens is 3. The van der Waals surface area contributed by atoms with E-state index in [1.807, 2.05) is 0 Å². The first-order chi connectivity index (χ1) is 28.0. The van der Waals surface area contributed by atoms with E-state index in [1.165, 1.54) is 16.7 Å². The number of aryl methyl sites for hydroxylation is 2. The van der Waals surface area contributed by atoms with Crippen LogP contribution in [0.3, 0.4) is 0 Å². The molecule has 16 heteroatoms. The summed E-state index contributed by atoms with van der Waals surface area (Å²) in [7, 11) is 0. The standard InChI is InChI=1S/C42H52Cl2N6O6S2/c43-35-10-8-33(57-35)42(55,34-9-11-36(44)58-34)40(54)56-25-20-41(21-25)13-17-49(18-14-41)15-2-16-50-39-29-4-1-3-26(29)24(19-30(39)47-48-50)22-45-23-32(52)27-5-7-31(51)38-28(27)6-12-37(53)46-38/h8-11,19,25,27-28,31-32,38,45,51-52,55H,1-7,12-18,20-23H2,(H,46,53)/t27?,28?,31?,32-,38?/m0/s1. The molecule has 0 radical (unpaired) electrons. The monoisotopic (exact) mass is 870 g/mol. The van der Waals surface area contributed by atoms with Crippen LogP contribution >= 0.6 is 45.9 Å². The van der Waals surface area contributed by atoms with E-state index >= 15 is 0 Å². The first-order valence-electron chi connectivity index (χ1n) is 20.9. The van der Waals surface area contributed by atoms with Crippen LogP contribution in [-0.4, -0.2) is 97.6 Å². The largest absolute Gasteiger partial charge is 0.460 e. The number of carbonyl (C=O) groups is 2. The van der Waals surface area contributed by atoms with Crippen molar-refractivity contribution >= 4 is 68.8 Å². The Balaban J connectivity index is 0.747. The lowest BCUT2D eigenvalue weighted by Gasteiger charge is -2.51. The summed E-state index contributed by atoms with van der Waals surface area (Å²) in [6, 6.07) is 8.60. The Morgan fingerprint density at radius 2 is 1.76 bits per heavy atom. The molecule has 9 rings (SSSR count). The number of esters is 1. The summed E-state index contributed by atoms with van der Waals surface area (Å²) in [5.74, 6) is -0.536. The third-order valence-electron chi connectivity index (χ3n) is 13.9. The number of nitrogens with one attached hydrogen (secondary N) is 2. The SMILES string of the molecule is O=C1CCC2C(N1)C(O)CCC2[C@@H](O)CNCc1cc2nnn(CCCN3CCC4(CC3)CC(OC(=O)C(O)(c3ccc(Cl)s3)c3ccc(Cl)s3)C4)c2c2c1CCC2. The molecule has 4 aromatic rings. The Morgan fingerprint density at radius 3 is 2.47 bits per heavy atom. The van der Waals surface area contributed by atoms with E-state index in [-0.39, 0.29) is 35.3 Å². The second kappa shape index (κ2) is 16.7. The number of piperidine rings is 2. The van der Waals surface area contributed by atoms with Crippen molar-refractivity contribution in [1.29, 1.82) is 0 Å². The zero-order valence-corrected chi connectivity index (χ0v) is 35.7. The average Bonchev–Trinajstić information content (AvgIpc) is 4.03. The summed E-state index contributed by atoms with van der Waals surface area (Å²) in [4.78, 5) is 28.9. The van der Waals surface area contributed by atoms with E-state index in [4.69, 9.17) is 27.9 Å². The highest BCUT2D eigenvalue weighted by molar-refractivity contribution is 7.18. The predicted molar refractivity (Wildman–Crippen MR) is 224 cm³/mol. The van der Waals surface area contributed by atoms with E-state index in [2.05, 4.69) is 36.6 Å². The minimum Gasteiger partial charge on any atom is -0.460 e. The van der Waals surface area contributed by atoms with Crippen LogP contribution in [0.5, 0.6) is 0 Å². The lowest BCUT2D eigenvalue weighted by molar-refractivity contribution is -0.181. The van der Waals surface area contributed by atoms with Gasteiger partial charge in [-0.25, -0.2) is 9.48 Å². The van der Waals surface area contributed by atoms with Crippen LogP contribution in [0.1, 0.15) is 90.7 Å². The molecule has 1 amide bonds. The molecule has 5 N–H and O–H groups in total. The van der Waals surface area contributed by atoms with Crippen LogP contribution in [0, 0.1) is 17.3 Å². The van der Waals surface area contributed by atoms with Gasteiger partial charge in [-0.15, -0.1) is 27.8 Å². The summed E-state index contributed by atoms with van der Waals surface area (Å²) >= 11 is 14.7. The van der Waals surface area contributed by atoms with Crippen molar-refractivity contribution in [2.75, 3.05) is 26.2 Å². The van der Waals surface area contributed by atoms with Gasteiger partial charge in [0.15, 0.2) is 0 Å². The molecule has 2 saturated heterocycles. The molecular weight excluding hydrogens is 820 g/mol. The van der Waals surface area contributed by atoms with Gasteiger partial charge in [0, 0.05) is 26.1 Å². The van der Waals surface area contributed by atoms with Crippen molar-refractivity contribution in [3.8, 4) is 0 Å². The van der Waals surface area contributed by atoms with Gasteiger partial charge in [-0.1, -0.05) is 28.4 Å². The normalized spacial score (nSPS) is 25.4. The van der Waals surface area contributed by atoms with Crippen LogP contribution in [0.4, 0.5) is 0 Å². The predicted octanol–water partition coefficient (Wildman–Crippen LogP) is 5.58. The topological polar surface area (TPSA) is 162 Å². The van der Waals surface area contributed by atoms with Crippen molar-refractivity contribution in [3.05, 3.63) is 65.4 Å². The Labute approximate surface area is 356 Å². The van der Waals surface area contributed by atoms with Crippen LogP contribution in [0.25, 0.3) is 11.0 Å². The number of hydrogen-bond donors (Lipinski definition) is 5. The number of rotatable bonds is 13. The van der Waals surface area contributed by atoms with Gasteiger partial charge in [-0.2, -0.15) is 0 Å². The molecule has 12 nitrogen and oxygen atoms in total. The lowest BCUT2D eigenvalue weighted by Crippen LogP contribution is -2.58. The second-order valence-electron chi connectivity index (χ2n) is 17.4. The van der Waals surface area contributed by atoms with Crippen LogP contribution in [0.2, 0.25) is 8.67 Å². The van der Waals surface area contributed by atoms with Gasteiger partial charge in [0.05, 0.1) is 42.2 Å². The Morgan fingerprint density at radius 1 is 1.03 bits per heavy atom. The first-order valence-corrected chi connectivity index (χ1v) is 23.3. The lowest BCUT2D eigenvalue weighted by atomic mass is 9.61. The number of hydrogen-bond acceptors (Lipinski definition) is 12. The molecule has 4 unspecified atom stereocenters. The van der Waals surface area contributed by atoms with E-state index in [9.17, 15) is 24.9 Å². The number of amides is 1. The molecular formula is C42H52Cl2N6O6S2. The number of ether oxygens (including phenoxy) is 1. The summed E-state index contributed by atoms with van der Waals surface area (Å²) in [6.07, 6.45) is 9.07. The number of halogens is 2. The van der Waals surface area contributed by atoms with Crippen LogP contribution in [0.15, 0.2) is 30.3 Å². The number of fused-ring (bicyclic) bond motifs is 4. The quantitative estimate of drug-likeness (QED) is 0.107. The zero-order chi connectivity index (χ0) is 40.2. The molecule has 1 aromatic carbocycles. The maximum Gasteiger partial charge on any atom is 0.349 e. The number of likely N-dealkylation sites (tertiary alicyclic amines) is 1. The van der Waals surface area contributed by atoms with Gasteiger partial charge in [-0.05, 0) is 155 Å². The molecule has 5 heterocycles. The van der Waals surface area contributed by atoms with E-state index < -0.39 is 23.8 Å².